The summed E-state index contributed by atoms with van der Waals surface area (Å²) >= 11 is 0. The first-order chi connectivity index (χ1) is 13.5. The molecule has 7 heteroatoms. The summed E-state index contributed by atoms with van der Waals surface area (Å²) in [5.74, 6) is 0.751. The molecule has 3 atom stereocenters. The van der Waals surface area contributed by atoms with E-state index in [0.717, 1.165) is 12.1 Å². The molecule has 3 aliphatic heterocycles. The second kappa shape index (κ2) is 7.45. The number of amides is 3. The number of nitrogens with one attached hydrogen (secondary N) is 1. The normalized spacial score (nSPS) is 27.1. The van der Waals surface area contributed by atoms with E-state index in [2.05, 4.69) is 5.32 Å². The first-order valence-electron chi connectivity index (χ1n) is 10.1. The standard InChI is InChI=1S/C21H28N4O3/c1-22-18-5-3-14(4-6-18)20(27)24-10-16-12-25(13-17(16)11-24)21(28)15-7-8-23(2)19(26)9-15/h3-6,15-17,22H,7-13H2,1-2H3/t15?,16-,17+. The molecule has 3 amide bonds. The molecule has 28 heavy (non-hydrogen) atoms. The number of benzene rings is 1. The summed E-state index contributed by atoms with van der Waals surface area (Å²) in [7, 11) is 3.65. The number of likely N-dealkylation sites (tertiary alicyclic amines) is 3. The molecule has 1 aromatic carbocycles. The average Bonchev–Trinajstić information content (AvgIpc) is 3.28. The van der Waals surface area contributed by atoms with Crippen LogP contribution in [0, 0.1) is 17.8 Å². The van der Waals surface area contributed by atoms with E-state index in [9.17, 15) is 14.4 Å². The molecule has 4 rings (SSSR count). The van der Waals surface area contributed by atoms with Gasteiger partial charge in [0.15, 0.2) is 0 Å². The third-order valence-electron chi connectivity index (χ3n) is 6.51. The van der Waals surface area contributed by atoms with Crippen LogP contribution in [0.25, 0.3) is 0 Å². The topological polar surface area (TPSA) is 73.0 Å². The molecular weight excluding hydrogens is 356 g/mol. The van der Waals surface area contributed by atoms with E-state index in [1.807, 2.05) is 41.1 Å². The predicted octanol–water partition coefficient (Wildman–Crippen LogP) is 1.13. The molecule has 1 unspecified atom stereocenters. The van der Waals surface area contributed by atoms with Gasteiger partial charge >= 0.3 is 0 Å². The van der Waals surface area contributed by atoms with Crippen LogP contribution in [0.15, 0.2) is 24.3 Å². The fourth-order valence-electron chi connectivity index (χ4n) is 4.71. The Morgan fingerprint density at radius 3 is 2.18 bits per heavy atom. The van der Waals surface area contributed by atoms with Crippen molar-refractivity contribution in [1.82, 2.24) is 14.7 Å². The molecule has 0 aromatic heterocycles. The lowest BCUT2D eigenvalue weighted by Gasteiger charge is -2.31. The molecule has 0 radical (unpaired) electrons. The zero-order valence-corrected chi connectivity index (χ0v) is 16.6. The minimum Gasteiger partial charge on any atom is -0.388 e. The van der Waals surface area contributed by atoms with Gasteiger partial charge in [-0.15, -0.1) is 0 Å². The molecule has 0 aliphatic carbocycles. The van der Waals surface area contributed by atoms with Crippen LogP contribution in [-0.2, 0) is 9.59 Å². The summed E-state index contributed by atoms with van der Waals surface area (Å²) in [6.07, 6.45) is 1.08. The maximum Gasteiger partial charge on any atom is 0.253 e. The summed E-state index contributed by atoms with van der Waals surface area (Å²) < 4.78 is 0. The van der Waals surface area contributed by atoms with Crippen LogP contribution in [0.5, 0.6) is 0 Å². The zero-order valence-electron chi connectivity index (χ0n) is 16.6. The van der Waals surface area contributed by atoms with Crippen LogP contribution in [0.1, 0.15) is 23.2 Å². The van der Waals surface area contributed by atoms with Gasteiger partial charge in [-0.3, -0.25) is 14.4 Å². The van der Waals surface area contributed by atoms with E-state index in [1.54, 1.807) is 11.9 Å². The lowest BCUT2D eigenvalue weighted by atomic mass is 9.95. The van der Waals surface area contributed by atoms with Crippen LogP contribution in [0.3, 0.4) is 0 Å². The van der Waals surface area contributed by atoms with Crippen LogP contribution >= 0.6 is 0 Å². The van der Waals surface area contributed by atoms with Gasteiger partial charge in [0.05, 0.1) is 0 Å². The number of fused-ring (bicyclic) bond motifs is 1. The van der Waals surface area contributed by atoms with Crippen LogP contribution in [-0.4, -0.2) is 79.2 Å². The zero-order chi connectivity index (χ0) is 19.8. The van der Waals surface area contributed by atoms with Crippen LogP contribution in [0.2, 0.25) is 0 Å². The first-order valence-corrected chi connectivity index (χ1v) is 10.1. The summed E-state index contributed by atoms with van der Waals surface area (Å²) in [5.41, 5.74) is 1.69. The molecule has 1 aromatic rings. The van der Waals surface area contributed by atoms with Crippen molar-refractivity contribution in [3.63, 3.8) is 0 Å². The molecule has 3 saturated heterocycles. The van der Waals surface area contributed by atoms with Crippen molar-refractivity contribution in [2.75, 3.05) is 52.1 Å². The van der Waals surface area contributed by atoms with E-state index in [-0.39, 0.29) is 23.6 Å². The van der Waals surface area contributed by atoms with Crippen molar-refractivity contribution in [1.29, 1.82) is 0 Å². The minimum atomic E-state index is -0.175. The average molecular weight is 384 g/mol. The van der Waals surface area contributed by atoms with Crippen molar-refractivity contribution >= 4 is 23.4 Å². The van der Waals surface area contributed by atoms with Crippen LogP contribution < -0.4 is 5.32 Å². The predicted molar refractivity (Wildman–Crippen MR) is 106 cm³/mol. The SMILES string of the molecule is CNc1ccc(C(=O)N2C[C@@H]3CN(C(=O)C4CCN(C)C(=O)C4)C[C@@H]3C2)cc1. The Bertz CT molecular complexity index is 764. The molecule has 0 spiro atoms. The Hall–Kier alpha value is -2.57. The van der Waals surface area contributed by atoms with Gasteiger partial charge in [0.1, 0.15) is 0 Å². The third-order valence-corrected chi connectivity index (χ3v) is 6.51. The number of carbonyl (C=O) groups excluding carboxylic acids is 3. The summed E-state index contributed by atoms with van der Waals surface area (Å²) in [4.78, 5) is 43.1. The number of hydrogen-bond donors (Lipinski definition) is 1. The van der Waals surface area contributed by atoms with Crippen molar-refractivity contribution in [3.8, 4) is 0 Å². The Balaban J connectivity index is 1.33. The number of hydrogen-bond acceptors (Lipinski definition) is 4. The number of piperidine rings is 1. The maximum atomic E-state index is 12.8. The molecule has 0 bridgehead atoms. The highest BCUT2D eigenvalue weighted by Crippen LogP contribution is 2.33. The van der Waals surface area contributed by atoms with Gasteiger partial charge in [-0.25, -0.2) is 0 Å². The molecule has 3 aliphatic rings. The van der Waals surface area contributed by atoms with Gasteiger partial charge in [-0.1, -0.05) is 0 Å². The molecule has 7 nitrogen and oxygen atoms in total. The van der Waals surface area contributed by atoms with Gasteiger partial charge in [0.25, 0.3) is 5.91 Å². The number of rotatable bonds is 3. The van der Waals surface area contributed by atoms with Gasteiger partial charge in [-0.05, 0) is 30.7 Å². The van der Waals surface area contributed by atoms with E-state index < -0.39 is 0 Å². The van der Waals surface area contributed by atoms with E-state index in [1.165, 1.54) is 0 Å². The van der Waals surface area contributed by atoms with Crippen molar-refractivity contribution in [3.05, 3.63) is 29.8 Å². The molecular formula is C21H28N4O3. The number of carbonyl (C=O) groups is 3. The molecule has 1 N–H and O–H groups in total. The first kappa shape index (κ1) is 18.8. The maximum absolute atomic E-state index is 12.8. The number of anilines is 1. The Morgan fingerprint density at radius 2 is 1.61 bits per heavy atom. The van der Waals surface area contributed by atoms with E-state index in [4.69, 9.17) is 0 Å². The van der Waals surface area contributed by atoms with Gasteiger partial charge in [0, 0.05) is 82.2 Å². The molecule has 3 fully saturated rings. The highest BCUT2D eigenvalue weighted by molar-refractivity contribution is 5.95. The second-order valence-electron chi connectivity index (χ2n) is 8.31. The van der Waals surface area contributed by atoms with Gasteiger partial charge in [-0.2, -0.15) is 0 Å². The summed E-state index contributed by atoms with van der Waals surface area (Å²) in [6.45, 7) is 3.46. The monoisotopic (exact) mass is 384 g/mol. The minimum absolute atomic E-state index is 0.0602. The van der Waals surface area contributed by atoms with E-state index in [0.29, 0.717) is 56.5 Å². The lowest BCUT2D eigenvalue weighted by Crippen LogP contribution is -2.44. The van der Waals surface area contributed by atoms with Crippen molar-refractivity contribution in [2.24, 2.45) is 17.8 Å². The highest BCUT2D eigenvalue weighted by Gasteiger charge is 2.44. The molecule has 150 valence electrons. The van der Waals surface area contributed by atoms with E-state index >= 15 is 0 Å². The lowest BCUT2D eigenvalue weighted by molar-refractivity contribution is -0.143. The van der Waals surface area contributed by atoms with Gasteiger partial charge < -0.3 is 20.0 Å². The van der Waals surface area contributed by atoms with Crippen LogP contribution in [0.4, 0.5) is 5.69 Å². The fourth-order valence-corrected chi connectivity index (χ4v) is 4.71. The third kappa shape index (κ3) is 3.45. The Kier molecular flexibility index (Phi) is 5.00. The second-order valence-corrected chi connectivity index (χ2v) is 8.31. The number of nitrogens with zero attached hydrogens (tertiary/aromatic N) is 3. The molecule has 3 heterocycles. The van der Waals surface area contributed by atoms with Gasteiger partial charge in [0.2, 0.25) is 11.8 Å². The smallest absolute Gasteiger partial charge is 0.253 e. The quantitative estimate of drug-likeness (QED) is 0.848. The van der Waals surface area contributed by atoms with Crippen molar-refractivity contribution < 1.29 is 14.4 Å². The Morgan fingerprint density at radius 1 is 1.00 bits per heavy atom. The molecule has 0 saturated carbocycles. The van der Waals surface area contributed by atoms with Crippen molar-refractivity contribution in [2.45, 2.75) is 12.8 Å². The Labute approximate surface area is 165 Å². The summed E-state index contributed by atoms with van der Waals surface area (Å²) in [5, 5.41) is 3.06. The summed E-state index contributed by atoms with van der Waals surface area (Å²) in [6, 6.07) is 7.53. The highest BCUT2D eigenvalue weighted by atomic mass is 16.2. The largest absolute Gasteiger partial charge is 0.388 e. The fraction of sp³-hybridized carbons (Fsp3) is 0.571.